The van der Waals surface area contributed by atoms with E-state index in [2.05, 4.69) is 6.07 Å². The number of hydrogen-bond donors (Lipinski definition) is 0. The topological polar surface area (TPSA) is 51.5 Å². The van der Waals surface area contributed by atoms with Gasteiger partial charge >= 0.3 is 0 Å². The lowest BCUT2D eigenvalue weighted by molar-refractivity contribution is 0.174. The van der Waals surface area contributed by atoms with E-state index in [9.17, 15) is 5.26 Å². The Kier molecular flexibility index (Phi) is 4.84. The van der Waals surface area contributed by atoms with E-state index in [-0.39, 0.29) is 6.79 Å². The second kappa shape index (κ2) is 7.04. The molecule has 0 bridgehead atoms. The predicted octanol–water partition coefficient (Wildman–Crippen LogP) is 5.18. The van der Waals surface area contributed by atoms with Crippen LogP contribution in [-0.4, -0.2) is 13.4 Å². The van der Waals surface area contributed by atoms with Gasteiger partial charge in [0.25, 0.3) is 0 Å². The standard InChI is InChI=1S/C18H13Cl2NO3/c1-2-22-16-8-18-17(23-10-24-18)6-11(16)5-12(9-21)14-4-3-13(19)7-15(14)20/h3-8H,2,10H2,1H3/b12-5+. The molecule has 0 radical (unpaired) electrons. The first-order chi connectivity index (χ1) is 11.6. The van der Waals surface area contributed by atoms with Crippen molar-refractivity contribution in [2.75, 3.05) is 13.4 Å². The summed E-state index contributed by atoms with van der Waals surface area (Å²) < 4.78 is 16.4. The molecular formula is C18H13Cl2NO3. The van der Waals surface area contributed by atoms with Crippen LogP contribution < -0.4 is 14.2 Å². The van der Waals surface area contributed by atoms with Gasteiger partial charge in [0.1, 0.15) is 5.75 Å². The quantitative estimate of drug-likeness (QED) is 0.555. The van der Waals surface area contributed by atoms with Crippen LogP contribution in [0.3, 0.4) is 0 Å². The van der Waals surface area contributed by atoms with Crippen molar-refractivity contribution in [2.45, 2.75) is 6.92 Å². The molecule has 1 heterocycles. The summed E-state index contributed by atoms with van der Waals surface area (Å²) in [5, 5.41) is 10.5. The van der Waals surface area contributed by atoms with E-state index < -0.39 is 0 Å². The van der Waals surface area contributed by atoms with Crippen LogP contribution in [-0.2, 0) is 0 Å². The molecule has 3 rings (SSSR count). The summed E-state index contributed by atoms with van der Waals surface area (Å²) in [6, 6.07) is 10.7. The number of halogens is 2. The first-order valence-corrected chi connectivity index (χ1v) is 8.01. The molecule has 1 aliphatic rings. The molecule has 0 N–H and O–H groups in total. The molecule has 24 heavy (non-hydrogen) atoms. The van der Waals surface area contributed by atoms with Crippen LogP contribution in [0, 0.1) is 11.3 Å². The highest BCUT2D eigenvalue weighted by molar-refractivity contribution is 6.36. The first-order valence-electron chi connectivity index (χ1n) is 7.26. The third-order valence-electron chi connectivity index (χ3n) is 3.45. The Morgan fingerprint density at radius 2 is 2.00 bits per heavy atom. The van der Waals surface area contributed by atoms with Crippen LogP contribution in [0.2, 0.25) is 10.0 Å². The third-order valence-corrected chi connectivity index (χ3v) is 3.99. The number of allylic oxidation sites excluding steroid dienone is 1. The Bertz CT molecular complexity index is 856. The molecule has 0 spiro atoms. The van der Waals surface area contributed by atoms with Gasteiger partial charge in [0.05, 0.1) is 23.3 Å². The first kappa shape index (κ1) is 16.5. The summed E-state index contributed by atoms with van der Waals surface area (Å²) in [5.41, 5.74) is 1.71. The van der Waals surface area contributed by atoms with E-state index in [1.165, 1.54) is 0 Å². The van der Waals surface area contributed by atoms with Gasteiger partial charge < -0.3 is 14.2 Å². The van der Waals surface area contributed by atoms with Crippen molar-refractivity contribution in [1.29, 1.82) is 5.26 Å². The molecular weight excluding hydrogens is 349 g/mol. The molecule has 1 aliphatic heterocycles. The number of fused-ring (bicyclic) bond motifs is 1. The molecule has 122 valence electrons. The number of rotatable bonds is 4. The highest BCUT2D eigenvalue weighted by Gasteiger charge is 2.18. The Balaban J connectivity index is 2.09. The van der Waals surface area contributed by atoms with Crippen molar-refractivity contribution in [3.63, 3.8) is 0 Å². The number of ether oxygens (including phenoxy) is 3. The van der Waals surface area contributed by atoms with Gasteiger partial charge in [0, 0.05) is 22.2 Å². The van der Waals surface area contributed by atoms with Crippen LogP contribution in [0.5, 0.6) is 17.2 Å². The van der Waals surface area contributed by atoms with E-state index in [0.717, 1.165) is 0 Å². The van der Waals surface area contributed by atoms with Gasteiger partial charge in [-0.15, -0.1) is 0 Å². The fourth-order valence-electron chi connectivity index (χ4n) is 2.37. The molecule has 2 aromatic carbocycles. The van der Waals surface area contributed by atoms with Crippen molar-refractivity contribution in [1.82, 2.24) is 0 Å². The van der Waals surface area contributed by atoms with Gasteiger partial charge in [-0.05, 0) is 31.2 Å². The molecule has 0 amide bonds. The van der Waals surface area contributed by atoms with Crippen LogP contribution in [0.15, 0.2) is 30.3 Å². The highest BCUT2D eigenvalue weighted by atomic mass is 35.5. The molecule has 0 aliphatic carbocycles. The minimum Gasteiger partial charge on any atom is -0.493 e. The summed E-state index contributed by atoms with van der Waals surface area (Å²) in [5.74, 6) is 1.85. The van der Waals surface area contributed by atoms with Gasteiger partial charge in [-0.2, -0.15) is 5.26 Å². The maximum atomic E-state index is 9.54. The Morgan fingerprint density at radius 1 is 1.25 bits per heavy atom. The molecule has 0 saturated heterocycles. The molecule has 6 heteroatoms. The smallest absolute Gasteiger partial charge is 0.231 e. The van der Waals surface area contributed by atoms with Crippen LogP contribution in [0.4, 0.5) is 0 Å². The van der Waals surface area contributed by atoms with Gasteiger partial charge in [0.2, 0.25) is 6.79 Å². The van der Waals surface area contributed by atoms with Crippen LogP contribution in [0.25, 0.3) is 11.6 Å². The Labute approximate surface area is 149 Å². The van der Waals surface area contributed by atoms with Crippen molar-refractivity contribution in [2.24, 2.45) is 0 Å². The van der Waals surface area contributed by atoms with Crippen molar-refractivity contribution in [3.8, 4) is 23.3 Å². The number of nitriles is 1. The van der Waals surface area contributed by atoms with Gasteiger partial charge in [-0.25, -0.2) is 0 Å². The second-order valence-corrected chi connectivity index (χ2v) is 5.81. The molecule has 0 fully saturated rings. The predicted molar refractivity (Wildman–Crippen MR) is 93.7 cm³/mol. The van der Waals surface area contributed by atoms with Gasteiger partial charge in [-0.3, -0.25) is 0 Å². The van der Waals surface area contributed by atoms with E-state index >= 15 is 0 Å². The zero-order valence-electron chi connectivity index (χ0n) is 12.8. The Morgan fingerprint density at radius 3 is 2.67 bits per heavy atom. The van der Waals surface area contributed by atoms with Crippen molar-refractivity contribution in [3.05, 3.63) is 51.5 Å². The largest absolute Gasteiger partial charge is 0.493 e. The monoisotopic (exact) mass is 361 g/mol. The lowest BCUT2D eigenvalue weighted by atomic mass is 10.0. The van der Waals surface area contributed by atoms with Crippen LogP contribution >= 0.6 is 23.2 Å². The second-order valence-electron chi connectivity index (χ2n) is 4.97. The fourth-order valence-corrected chi connectivity index (χ4v) is 2.88. The molecule has 0 saturated carbocycles. The zero-order valence-corrected chi connectivity index (χ0v) is 14.3. The van der Waals surface area contributed by atoms with E-state index in [1.807, 2.05) is 6.92 Å². The summed E-state index contributed by atoms with van der Waals surface area (Å²) in [6.07, 6.45) is 1.71. The lowest BCUT2D eigenvalue weighted by Gasteiger charge is -2.10. The summed E-state index contributed by atoms with van der Waals surface area (Å²) in [7, 11) is 0. The molecule has 0 atom stereocenters. The maximum absolute atomic E-state index is 9.54. The van der Waals surface area contributed by atoms with Gasteiger partial charge in [0.15, 0.2) is 11.5 Å². The number of nitrogens with zero attached hydrogens (tertiary/aromatic N) is 1. The minimum absolute atomic E-state index is 0.169. The van der Waals surface area contributed by atoms with Gasteiger partial charge in [-0.1, -0.05) is 29.3 Å². The molecule has 0 unspecified atom stereocenters. The number of hydrogen-bond acceptors (Lipinski definition) is 4. The van der Waals surface area contributed by atoms with Crippen molar-refractivity contribution < 1.29 is 14.2 Å². The lowest BCUT2D eigenvalue weighted by Crippen LogP contribution is -1.95. The Hall–Kier alpha value is -2.35. The summed E-state index contributed by atoms with van der Waals surface area (Å²) >= 11 is 12.1. The van der Waals surface area contributed by atoms with E-state index in [4.69, 9.17) is 37.4 Å². The highest BCUT2D eigenvalue weighted by Crippen LogP contribution is 2.40. The fraction of sp³-hybridized carbons (Fsp3) is 0.167. The van der Waals surface area contributed by atoms with Crippen LogP contribution in [0.1, 0.15) is 18.1 Å². The average Bonchev–Trinajstić information content (AvgIpc) is 3.00. The summed E-state index contributed by atoms with van der Waals surface area (Å²) in [4.78, 5) is 0. The number of benzene rings is 2. The third kappa shape index (κ3) is 3.28. The molecule has 2 aromatic rings. The molecule has 4 nitrogen and oxygen atoms in total. The van der Waals surface area contributed by atoms with Crippen molar-refractivity contribution >= 4 is 34.9 Å². The minimum atomic E-state index is 0.169. The van der Waals surface area contributed by atoms with E-state index in [0.29, 0.717) is 50.6 Å². The normalized spacial score (nSPS) is 12.8. The maximum Gasteiger partial charge on any atom is 0.231 e. The average molecular weight is 362 g/mol. The SMILES string of the molecule is CCOc1cc2c(cc1/C=C(\C#N)c1ccc(Cl)cc1Cl)OCO2. The van der Waals surface area contributed by atoms with E-state index in [1.54, 1.807) is 36.4 Å². The summed E-state index contributed by atoms with van der Waals surface area (Å²) in [6.45, 7) is 2.55. The molecule has 0 aromatic heterocycles. The zero-order chi connectivity index (χ0) is 17.1.